The molecule has 0 bridgehead atoms. The van der Waals surface area contributed by atoms with Gasteiger partial charge in [0.2, 0.25) is 0 Å². The molecule has 0 unspecified atom stereocenters. The summed E-state index contributed by atoms with van der Waals surface area (Å²) in [6, 6.07) is 7.85. The maximum atomic E-state index is 10.6. The van der Waals surface area contributed by atoms with E-state index >= 15 is 0 Å². The summed E-state index contributed by atoms with van der Waals surface area (Å²) in [5.74, 6) is 0.847. The summed E-state index contributed by atoms with van der Waals surface area (Å²) in [5, 5.41) is 0. The molecule has 0 heterocycles. The number of aldehydes is 1. The van der Waals surface area contributed by atoms with Crippen LogP contribution in [0.5, 0.6) is 0 Å². The van der Waals surface area contributed by atoms with E-state index in [1.807, 2.05) is 24.3 Å². The first-order chi connectivity index (χ1) is 8.29. The van der Waals surface area contributed by atoms with Crippen LogP contribution in [0.15, 0.2) is 24.3 Å². The van der Waals surface area contributed by atoms with Gasteiger partial charge in [0.15, 0.2) is 0 Å². The largest absolute Gasteiger partial charge is 0.374 e. The van der Waals surface area contributed by atoms with Crippen LogP contribution in [-0.4, -0.2) is 19.9 Å². The van der Waals surface area contributed by atoms with Crippen LogP contribution in [0.25, 0.3) is 0 Å². The molecule has 0 amide bonds. The molecule has 0 atom stereocenters. The van der Waals surface area contributed by atoms with Gasteiger partial charge in [-0.15, -0.1) is 0 Å². The summed E-state index contributed by atoms with van der Waals surface area (Å²) in [4.78, 5) is 12.9. The van der Waals surface area contributed by atoms with Gasteiger partial charge in [0, 0.05) is 24.8 Å². The first-order valence-electron chi connectivity index (χ1n) is 6.56. The highest BCUT2D eigenvalue weighted by Gasteiger charge is 2.15. The lowest BCUT2D eigenvalue weighted by Gasteiger charge is -2.28. The summed E-state index contributed by atoms with van der Waals surface area (Å²) in [6.07, 6.45) is 7.83. The molecule has 0 aliphatic heterocycles. The van der Waals surface area contributed by atoms with Crippen molar-refractivity contribution in [2.45, 2.75) is 32.1 Å². The van der Waals surface area contributed by atoms with Gasteiger partial charge in [-0.3, -0.25) is 4.79 Å². The highest BCUT2D eigenvalue weighted by Crippen LogP contribution is 2.25. The third kappa shape index (κ3) is 3.32. The van der Waals surface area contributed by atoms with Crippen LogP contribution in [0.4, 0.5) is 5.69 Å². The van der Waals surface area contributed by atoms with Crippen LogP contribution in [0.3, 0.4) is 0 Å². The Morgan fingerprint density at radius 1 is 1.18 bits per heavy atom. The van der Waals surface area contributed by atoms with Crippen molar-refractivity contribution in [3.8, 4) is 0 Å². The number of nitrogens with zero attached hydrogens (tertiary/aromatic N) is 1. The predicted molar refractivity (Wildman–Crippen MR) is 71.7 cm³/mol. The van der Waals surface area contributed by atoms with Crippen molar-refractivity contribution < 1.29 is 4.79 Å². The molecule has 1 saturated carbocycles. The van der Waals surface area contributed by atoms with Crippen LogP contribution < -0.4 is 4.90 Å². The van der Waals surface area contributed by atoms with Gasteiger partial charge in [0.05, 0.1) is 0 Å². The molecule has 0 aromatic heterocycles. The second kappa shape index (κ2) is 5.85. The third-order valence-corrected chi connectivity index (χ3v) is 3.73. The van der Waals surface area contributed by atoms with Crippen molar-refractivity contribution in [3.05, 3.63) is 29.8 Å². The molecule has 17 heavy (non-hydrogen) atoms. The average Bonchev–Trinajstić information content (AvgIpc) is 2.40. The molecule has 1 aliphatic carbocycles. The second-order valence-corrected chi connectivity index (χ2v) is 5.09. The lowest BCUT2D eigenvalue weighted by molar-refractivity contribution is 0.112. The molecule has 0 saturated heterocycles. The molecule has 1 aliphatic rings. The molecule has 0 spiro atoms. The number of hydrogen-bond donors (Lipinski definition) is 0. The van der Waals surface area contributed by atoms with Crippen LogP contribution in [0.2, 0.25) is 0 Å². The molecule has 1 fully saturated rings. The lowest BCUT2D eigenvalue weighted by atomic mass is 9.89. The van der Waals surface area contributed by atoms with E-state index < -0.39 is 0 Å². The quantitative estimate of drug-likeness (QED) is 0.739. The zero-order chi connectivity index (χ0) is 12.1. The second-order valence-electron chi connectivity index (χ2n) is 5.09. The van der Waals surface area contributed by atoms with E-state index in [1.165, 1.54) is 37.8 Å². The van der Waals surface area contributed by atoms with Gasteiger partial charge in [0.1, 0.15) is 6.29 Å². The fourth-order valence-electron chi connectivity index (χ4n) is 2.67. The Balaban J connectivity index is 1.93. The first-order valence-corrected chi connectivity index (χ1v) is 6.56. The molecule has 2 heteroatoms. The summed E-state index contributed by atoms with van der Waals surface area (Å²) in [6.45, 7) is 1.14. The predicted octanol–water partition coefficient (Wildman–Crippen LogP) is 3.52. The Kier molecular flexibility index (Phi) is 4.18. The maximum Gasteiger partial charge on any atom is 0.150 e. The van der Waals surface area contributed by atoms with E-state index in [2.05, 4.69) is 11.9 Å². The molecular formula is C15H21NO. The Hall–Kier alpha value is -1.31. The minimum Gasteiger partial charge on any atom is -0.374 e. The minimum atomic E-state index is 0.750. The molecule has 0 N–H and O–H groups in total. The number of anilines is 1. The fraction of sp³-hybridized carbons (Fsp3) is 0.533. The topological polar surface area (TPSA) is 20.3 Å². The van der Waals surface area contributed by atoms with Crippen molar-refractivity contribution in [2.24, 2.45) is 5.92 Å². The summed E-state index contributed by atoms with van der Waals surface area (Å²) in [7, 11) is 2.14. The highest BCUT2D eigenvalue weighted by atomic mass is 16.1. The van der Waals surface area contributed by atoms with Crippen molar-refractivity contribution in [1.29, 1.82) is 0 Å². The smallest absolute Gasteiger partial charge is 0.150 e. The zero-order valence-electron chi connectivity index (χ0n) is 10.6. The number of hydrogen-bond acceptors (Lipinski definition) is 2. The number of benzene rings is 1. The number of carbonyl (C=O) groups is 1. The summed E-state index contributed by atoms with van der Waals surface area (Å²) in [5.41, 5.74) is 1.96. The Morgan fingerprint density at radius 2 is 1.82 bits per heavy atom. The normalized spacial score (nSPS) is 16.8. The monoisotopic (exact) mass is 231 g/mol. The van der Waals surface area contributed by atoms with Crippen molar-refractivity contribution in [2.75, 3.05) is 18.5 Å². The van der Waals surface area contributed by atoms with Gasteiger partial charge in [-0.25, -0.2) is 0 Å². The molecule has 2 nitrogen and oxygen atoms in total. The van der Waals surface area contributed by atoms with Crippen molar-refractivity contribution in [1.82, 2.24) is 0 Å². The van der Waals surface area contributed by atoms with Crippen LogP contribution in [0.1, 0.15) is 42.5 Å². The molecule has 1 aromatic rings. The van der Waals surface area contributed by atoms with Crippen LogP contribution in [0, 0.1) is 5.92 Å². The third-order valence-electron chi connectivity index (χ3n) is 3.73. The standard InChI is InChI=1S/C15H21NO/c1-16(11-13-5-3-2-4-6-13)15-9-7-14(12-17)8-10-15/h7-10,12-13H,2-6,11H2,1H3. The Labute approximate surface area is 104 Å². The van der Waals surface area contributed by atoms with Gasteiger partial charge in [0.25, 0.3) is 0 Å². The van der Waals surface area contributed by atoms with Crippen LogP contribution >= 0.6 is 0 Å². The SMILES string of the molecule is CN(CC1CCCCC1)c1ccc(C=O)cc1. The molecular weight excluding hydrogens is 210 g/mol. The van der Waals surface area contributed by atoms with E-state index in [-0.39, 0.29) is 0 Å². The van der Waals surface area contributed by atoms with E-state index in [0.717, 1.165) is 24.3 Å². The van der Waals surface area contributed by atoms with Crippen LogP contribution in [-0.2, 0) is 0 Å². The summed E-state index contributed by atoms with van der Waals surface area (Å²) < 4.78 is 0. The van der Waals surface area contributed by atoms with Crippen molar-refractivity contribution in [3.63, 3.8) is 0 Å². The van der Waals surface area contributed by atoms with Gasteiger partial charge in [-0.1, -0.05) is 19.3 Å². The van der Waals surface area contributed by atoms with Gasteiger partial charge in [-0.2, -0.15) is 0 Å². The first kappa shape index (κ1) is 12.2. The van der Waals surface area contributed by atoms with Gasteiger partial charge < -0.3 is 4.90 Å². The summed E-state index contributed by atoms with van der Waals surface area (Å²) >= 11 is 0. The molecule has 2 rings (SSSR count). The maximum absolute atomic E-state index is 10.6. The number of rotatable bonds is 4. The Bertz CT molecular complexity index is 352. The molecule has 1 aromatic carbocycles. The Morgan fingerprint density at radius 3 is 2.41 bits per heavy atom. The lowest BCUT2D eigenvalue weighted by Crippen LogP contribution is -2.26. The van der Waals surface area contributed by atoms with E-state index in [9.17, 15) is 4.79 Å². The molecule has 0 radical (unpaired) electrons. The average molecular weight is 231 g/mol. The molecule has 92 valence electrons. The highest BCUT2D eigenvalue weighted by molar-refractivity contribution is 5.75. The van der Waals surface area contributed by atoms with E-state index in [1.54, 1.807) is 0 Å². The van der Waals surface area contributed by atoms with E-state index in [0.29, 0.717) is 0 Å². The number of carbonyl (C=O) groups excluding carboxylic acids is 1. The fourth-order valence-corrected chi connectivity index (χ4v) is 2.67. The van der Waals surface area contributed by atoms with Gasteiger partial charge >= 0.3 is 0 Å². The zero-order valence-corrected chi connectivity index (χ0v) is 10.6. The minimum absolute atomic E-state index is 0.750. The van der Waals surface area contributed by atoms with E-state index in [4.69, 9.17) is 0 Å². The van der Waals surface area contributed by atoms with Gasteiger partial charge in [-0.05, 0) is 43.0 Å². The van der Waals surface area contributed by atoms with Crippen molar-refractivity contribution >= 4 is 12.0 Å².